The lowest BCUT2D eigenvalue weighted by molar-refractivity contribution is 0.0902. The fourth-order valence-corrected chi connectivity index (χ4v) is 3.09. The zero-order valence-electron chi connectivity index (χ0n) is 12.3. The average Bonchev–Trinajstić information content (AvgIpc) is 2.47. The lowest BCUT2D eigenvalue weighted by atomic mass is 9.83. The first-order chi connectivity index (χ1) is 9.67. The maximum Gasteiger partial charge on any atom is 0.257 e. The summed E-state index contributed by atoms with van der Waals surface area (Å²) in [5, 5.41) is 3.15. The molecule has 1 fully saturated rings. The van der Waals surface area contributed by atoms with Gasteiger partial charge in [0.15, 0.2) is 0 Å². The summed E-state index contributed by atoms with van der Waals surface area (Å²) in [6, 6.07) is 5.55. The monoisotopic (exact) mass is 276 g/mol. The minimum Gasteiger partial charge on any atom is -0.496 e. The van der Waals surface area contributed by atoms with E-state index in [9.17, 15) is 4.79 Å². The third-order valence-corrected chi connectivity index (χ3v) is 4.26. The molecule has 1 aromatic carbocycles. The van der Waals surface area contributed by atoms with Crippen molar-refractivity contribution < 1.29 is 9.53 Å². The maximum atomic E-state index is 12.5. The fourth-order valence-electron chi connectivity index (χ4n) is 3.09. The summed E-state index contributed by atoms with van der Waals surface area (Å²) in [5.74, 6) is 0.986. The maximum absolute atomic E-state index is 12.5. The van der Waals surface area contributed by atoms with Gasteiger partial charge in [0.25, 0.3) is 5.91 Å². The number of anilines is 1. The van der Waals surface area contributed by atoms with Crippen molar-refractivity contribution >= 4 is 11.6 Å². The topological polar surface area (TPSA) is 64.4 Å². The summed E-state index contributed by atoms with van der Waals surface area (Å²) in [4.78, 5) is 12.5. The van der Waals surface area contributed by atoms with Crippen LogP contribution in [0.15, 0.2) is 18.2 Å². The molecule has 2 rings (SSSR count). The molecule has 1 aliphatic carbocycles. The zero-order valence-corrected chi connectivity index (χ0v) is 12.3. The first-order valence-electron chi connectivity index (χ1n) is 7.40. The number of rotatable bonds is 4. The molecule has 1 aromatic rings. The molecule has 0 radical (unpaired) electrons. The average molecular weight is 276 g/mol. The van der Waals surface area contributed by atoms with E-state index in [4.69, 9.17) is 10.5 Å². The van der Waals surface area contributed by atoms with Crippen LogP contribution in [0.25, 0.3) is 0 Å². The Balaban J connectivity index is 2.15. The predicted octanol–water partition coefficient (Wildman–Crippen LogP) is 2.98. The highest BCUT2D eigenvalue weighted by molar-refractivity contribution is 6.02. The van der Waals surface area contributed by atoms with Gasteiger partial charge >= 0.3 is 0 Å². The molecule has 2 atom stereocenters. The molecule has 2 unspecified atom stereocenters. The Kier molecular flexibility index (Phi) is 4.88. The van der Waals surface area contributed by atoms with E-state index in [1.54, 1.807) is 25.3 Å². The van der Waals surface area contributed by atoms with Gasteiger partial charge in [0, 0.05) is 11.7 Å². The number of carbonyl (C=O) groups is 1. The van der Waals surface area contributed by atoms with E-state index in [-0.39, 0.29) is 11.9 Å². The van der Waals surface area contributed by atoms with Crippen LogP contribution in [0.4, 0.5) is 5.69 Å². The van der Waals surface area contributed by atoms with E-state index >= 15 is 0 Å². The van der Waals surface area contributed by atoms with Gasteiger partial charge in [-0.05, 0) is 30.9 Å². The highest BCUT2D eigenvalue weighted by Gasteiger charge is 2.26. The summed E-state index contributed by atoms with van der Waals surface area (Å²) in [6.45, 7) is 2.19. The Morgan fingerprint density at radius 3 is 2.85 bits per heavy atom. The second-order valence-corrected chi connectivity index (χ2v) is 5.46. The highest BCUT2D eigenvalue weighted by Crippen LogP contribution is 2.29. The third-order valence-electron chi connectivity index (χ3n) is 4.26. The number of methoxy groups -OCH3 is 1. The SMILES string of the molecule is CCC1CCCCC1NC(=O)c1c(N)cccc1OC. The number of ether oxygens (including phenoxy) is 1. The zero-order chi connectivity index (χ0) is 14.5. The van der Waals surface area contributed by atoms with E-state index < -0.39 is 0 Å². The summed E-state index contributed by atoms with van der Waals surface area (Å²) in [5.41, 5.74) is 6.85. The van der Waals surface area contributed by atoms with Crippen LogP contribution >= 0.6 is 0 Å². The first kappa shape index (κ1) is 14.7. The van der Waals surface area contributed by atoms with E-state index in [1.165, 1.54) is 19.3 Å². The normalized spacial score (nSPS) is 22.3. The van der Waals surface area contributed by atoms with Crippen molar-refractivity contribution in [3.8, 4) is 5.75 Å². The molecular weight excluding hydrogens is 252 g/mol. The number of nitrogens with one attached hydrogen (secondary N) is 1. The number of nitrogen functional groups attached to an aromatic ring is 1. The molecule has 0 saturated heterocycles. The molecule has 20 heavy (non-hydrogen) atoms. The van der Waals surface area contributed by atoms with Crippen LogP contribution in [-0.2, 0) is 0 Å². The molecule has 1 aliphatic rings. The molecule has 3 N–H and O–H groups in total. The van der Waals surface area contributed by atoms with Gasteiger partial charge in [0.2, 0.25) is 0 Å². The summed E-state index contributed by atoms with van der Waals surface area (Å²) in [6.07, 6.45) is 5.80. The molecule has 0 heterocycles. The van der Waals surface area contributed by atoms with Gasteiger partial charge in [-0.2, -0.15) is 0 Å². The number of hydrogen-bond donors (Lipinski definition) is 2. The molecule has 0 bridgehead atoms. The Bertz CT molecular complexity index is 474. The predicted molar refractivity (Wildman–Crippen MR) is 80.9 cm³/mol. The van der Waals surface area contributed by atoms with Gasteiger partial charge in [-0.15, -0.1) is 0 Å². The highest BCUT2D eigenvalue weighted by atomic mass is 16.5. The van der Waals surface area contributed by atoms with Gasteiger partial charge in [0.05, 0.1) is 7.11 Å². The molecule has 1 saturated carbocycles. The van der Waals surface area contributed by atoms with Crippen LogP contribution < -0.4 is 15.8 Å². The number of nitrogens with two attached hydrogens (primary N) is 1. The quantitative estimate of drug-likeness (QED) is 0.831. The van der Waals surface area contributed by atoms with Crippen molar-refractivity contribution in [1.29, 1.82) is 0 Å². The Labute approximate surface area is 120 Å². The lowest BCUT2D eigenvalue weighted by Gasteiger charge is -2.31. The number of carbonyl (C=O) groups excluding carboxylic acids is 1. The van der Waals surface area contributed by atoms with Gasteiger partial charge < -0.3 is 15.8 Å². The van der Waals surface area contributed by atoms with Crippen LogP contribution in [0.1, 0.15) is 49.4 Å². The molecule has 0 aromatic heterocycles. The fraction of sp³-hybridized carbons (Fsp3) is 0.562. The summed E-state index contributed by atoms with van der Waals surface area (Å²) in [7, 11) is 1.56. The molecule has 1 amide bonds. The van der Waals surface area contributed by atoms with Crippen LogP contribution in [0.3, 0.4) is 0 Å². The van der Waals surface area contributed by atoms with Gasteiger partial charge in [-0.25, -0.2) is 0 Å². The minimum absolute atomic E-state index is 0.120. The van der Waals surface area contributed by atoms with Crippen molar-refractivity contribution in [2.45, 2.75) is 45.1 Å². The smallest absolute Gasteiger partial charge is 0.257 e. The molecule has 4 heteroatoms. The molecule has 0 spiro atoms. The Morgan fingerprint density at radius 1 is 1.40 bits per heavy atom. The van der Waals surface area contributed by atoms with Crippen LogP contribution in [0.2, 0.25) is 0 Å². The van der Waals surface area contributed by atoms with Gasteiger partial charge in [-0.3, -0.25) is 4.79 Å². The van der Waals surface area contributed by atoms with Crippen molar-refractivity contribution in [3.05, 3.63) is 23.8 Å². The van der Waals surface area contributed by atoms with E-state index in [0.29, 0.717) is 22.9 Å². The summed E-state index contributed by atoms with van der Waals surface area (Å²) < 4.78 is 5.25. The van der Waals surface area contributed by atoms with Gasteiger partial charge in [-0.1, -0.05) is 32.3 Å². The number of benzene rings is 1. The minimum atomic E-state index is -0.120. The second kappa shape index (κ2) is 6.64. The Hall–Kier alpha value is -1.71. The van der Waals surface area contributed by atoms with Crippen LogP contribution in [0, 0.1) is 5.92 Å². The first-order valence-corrected chi connectivity index (χ1v) is 7.40. The Morgan fingerprint density at radius 2 is 2.15 bits per heavy atom. The molecular formula is C16H24N2O2. The van der Waals surface area contributed by atoms with Crippen molar-refractivity contribution in [2.75, 3.05) is 12.8 Å². The third kappa shape index (κ3) is 3.06. The van der Waals surface area contributed by atoms with Gasteiger partial charge in [0.1, 0.15) is 11.3 Å². The van der Waals surface area contributed by atoms with Crippen LogP contribution in [0.5, 0.6) is 5.75 Å². The second-order valence-electron chi connectivity index (χ2n) is 5.46. The lowest BCUT2D eigenvalue weighted by Crippen LogP contribution is -2.42. The van der Waals surface area contributed by atoms with E-state index in [2.05, 4.69) is 12.2 Å². The standard InChI is InChI=1S/C16H24N2O2/c1-3-11-7-4-5-9-13(11)18-16(19)15-12(17)8-6-10-14(15)20-2/h6,8,10-11,13H,3-5,7,9,17H2,1-2H3,(H,18,19). The summed E-state index contributed by atoms with van der Waals surface area (Å²) >= 11 is 0. The van der Waals surface area contributed by atoms with E-state index in [1.807, 2.05) is 0 Å². The largest absolute Gasteiger partial charge is 0.496 e. The van der Waals surface area contributed by atoms with Crippen LogP contribution in [-0.4, -0.2) is 19.1 Å². The van der Waals surface area contributed by atoms with Crippen molar-refractivity contribution in [1.82, 2.24) is 5.32 Å². The molecule has 4 nitrogen and oxygen atoms in total. The van der Waals surface area contributed by atoms with Crippen molar-refractivity contribution in [3.63, 3.8) is 0 Å². The molecule has 110 valence electrons. The molecule has 0 aliphatic heterocycles. The number of amides is 1. The number of hydrogen-bond acceptors (Lipinski definition) is 3. The van der Waals surface area contributed by atoms with E-state index in [0.717, 1.165) is 12.8 Å². The van der Waals surface area contributed by atoms with Crippen molar-refractivity contribution in [2.24, 2.45) is 5.92 Å².